The van der Waals surface area contributed by atoms with Crippen LogP contribution in [0.5, 0.6) is 0 Å². The first kappa shape index (κ1) is 13.9. The Morgan fingerprint density at radius 1 is 1.31 bits per heavy atom. The maximum atomic E-state index is 3.68. The van der Waals surface area contributed by atoms with Gasteiger partial charge in [0.2, 0.25) is 0 Å². The fourth-order valence-electron chi connectivity index (χ4n) is 2.51. The van der Waals surface area contributed by atoms with Gasteiger partial charge in [-0.1, -0.05) is 13.8 Å². The highest BCUT2D eigenvalue weighted by Crippen LogP contribution is 2.14. The molecule has 2 atom stereocenters. The summed E-state index contributed by atoms with van der Waals surface area (Å²) < 4.78 is 0. The SMILES string of the molecule is CCCN(CC)CCNC1CC(C)N(C)C1. The van der Waals surface area contributed by atoms with Crippen LogP contribution in [0.4, 0.5) is 0 Å². The van der Waals surface area contributed by atoms with Gasteiger partial charge in [-0.25, -0.2) is 0 Å². The van der Waals surface area contributed by atoms with Crippen LogP contribution in [0.2, 0.25) is 0 Å². The lowest BCUT2D eigenvalue weighted by Gasteiger charge is -2.21. The molecule has 1 saturated heterocycles. The normalized spacial score (nSPS) is 26.8. The van der Waals surface area contributed by atoms with Crippen LogP contribution in [0, 0.1) is 0 Å². The number of nitrogens with one attached hydrogen (secondary N) is 1. The molecule has 1 aliphatic heterocycles. The monoisotopic (exact) mass is 227 g/mol. The van der Waals surface area contributed by atoms with Crippen molar-refractivity contribution in [1.29, 1.82) is 0 Å². The second-order valence-corrected chi connectivity index (χ2v) is 5.11. The number of nitrogens with zero attached hydrogens (tertiary/aromatic N) is 2. The van der Waals surface area contributed by atoms with Gasteiger partial charge in [-0.05, 0) is 39.9 Å². The molecule has 96 valence electrons. The van der Waals surface area contributed by atoms with Gasteiger partial charge < -0.3 is 15.1 Å². The summed E-state index contributed by atoms with van der Waals surface area (Å²) >= 11 is 0. The van der Waals surface area contributed by atoms with Gasteiger partial charge in [0.05, 0.1) is 0 Å². The van der Waals surface area contributed by atoms with E-state index < -0.39 is 0 Å². The Morgan fingerprint density at radius 2 is 2.06 bits per heavy atom. The Kier molecular flexibility index (Phi) is 6.32. The van der Waals surface area contributed by atoms with Gasteiger partial charge >= 0.3 is 0 Å². The molecule has 3 nitrogen and oxygen atoms in total. The second kappa shape index (κ2) is 7.25. The minimum atomic E-state index is 0.709. The zero-order chi connectivity index (χ0) is 12.0. The summed E-state index contributed by atoms with van der Waals surface area (Å²) in [6.45, 7) is 12.8. The molecule has 0 radical (unpaired) electrons. The van der Waals surface area contributed by atoms with Gasteiger partial charge in [0.25, 0.3) is 0 Å². The van der Waals surface area contributed by atoms with E-state index in [0.717, 1.165) is 12.6 Å². The molecule has 1 aliphatic rings. The third-order valence-corrected chi connectivity index (χ3v) is 3.73. The summed E-state index contributed by atoms with van der Waals surface area (Å²) in [5.74, 6) is 0. The van der Waals surface area contributed by atoms with Crippen molar-refractivity contribution >= 4 is 0 Å². The van der Waals surface area contributed by atoms with Crippen LogP contribution in [-0.2, 0) is 0 Å². The number of hydrogen-bond donors (Lipinski definition) is 1. The van der Waals surface area contributed by atoms with Crippen molar-refractivity contribution in [3.63, 3.8) is 0 Å². The number of hydrogen-bond acceptors (Lipinski definition) is 3. The van der Waals surface area contributed by atoms with Gasteiger partial charge in [-0.15, -0.1) is 0 Å². The average molecular weight is 227 g/mol. The van der Waals surface area contributed by atoms with E-state index in [4.69, 9.17) is 0 Å². The Bertz CT molecular complexity index is 174. The van der Waals surface area contributed by atoms with E-state index >= 15 is 0 Å². The fraction of sp³-hybridized carbons (Fsp3) is 1.00. The van der Waals surface area contributed by atoms with E-state index in [2.05, 4.69) is 42.9 Å². The summed E-state index contributed by atoms with van der Waals surface area (Å²) in [4.78, 5) is 4.97. The van der Waals surface area contributed by atoms with Crippen LogP contribution in [-0.4, -0.2) is 61.7 Å². The first-order valence-corrected chi connectivity index (χ1v) is 6.83. The summed E-state index contributed by atoms with van der Waals surface area (Å²) in [6.07, 6.45) is 2.56. The van der Waals surface area contributed by atoms with Crippen molar-refractivity contribution in [2.24, 2.45) is 0 Å². The van der Waals surface area contributed by atoms with Gasteiger partial charge in [-0.2, -0.15) is 0 Å². The molecule has 0 aliphatic carbocycles. The Labute approximate surface area is 101 Å². The maximum absolute atomic E-state index is 3.68. The molecular formula is C13H29N3. The number of likely N-dealkylation sites (N-methyl/N-ethyl adjacent to an activating group) is 2. The highest BCUT2D eigenvalue weighted by atomic mass is 15.2. The van der Waals surface area contributed by atoms with E-state index in [1.807, 2.05) is 0 Å². The van der Waals surface area contributed by atoms with E-state index in [9.17, 15) is 0 Å². The van der Waals surface area contributed by atoms with Crippen molar-refractivity contribution in [3.05, 3.63) is 0 Å². The molecule has 0 aromatic carbocycles. The third-order valence-electron chi connectivity index (χ3n) is 3.73. The molecule has 16 heavy (non-hydrogen) atoms. The van der Waals surface area contributed by atoms with Crippen molar-refractivity contribution < 1.29 is 0 Å². The highest BCUT2D eigenvalue weighted by Gasteiger charge is 2.25. The minimum Gasteiger partial charge on any atom is -0.311 e. The van der Waals surface area contributed by atoms with Gasteiger partial charge in [0.1, 0.15) is 0 Å². The molecule has 1 rings (SSSR count). The molecule has 1 fully saturated rings. The molecule has 2 unspecified atom stereocenters. The van der Waals surface area contributed by atoms with Crippen molar-refractivity contribution in [3.8, 4) is 0 Å². The zero-order valence-electron chi connectivity index (χ0n) is 11.5. The molecule has 0 saturated carbocycles. The van der Waals surface area contributed by atoms with Crippen molar-refractivity contribution in [2.45, 2.75) is 45.7 Å². The first-order valence-electron chi connectivity index (χ1n) is 6.83. The van der Waals surface area contributed by atoms with Crippen molar-refractivity contribution in [2.75, 3.05) is 39.8 Å². The van der Waals surface area contributed by atoms with E-state index in [-0.39, 0.29) is 0 Å². The summed E-state index contributed by atoms with van der Waals surface area (Å²) in [7, 11) is 2.22. The lowest BCUT2D eigenvalue weighted by Crippen LogP contribution is -2.38. The quantitative estimate of drug-likeness (QED) is 0.709. The molecule has 0 aromatic heterocycles. The topological polar surface area (TPSA) is 18.5 Å². The van der Waals surface area contributed by atoms with Crippen LogP contribution in [0.3, 0.4) is 0 Å². The first-order chi connectivity index (χ1) is 7.67. The molecule has 0 amide bonds. The molecular weight excluding hydrogens is 198 g/mol. The second-order valence-electron chi connectivity index (χ2n) is 5.11. The van der Waals surface area contributed by atoms with Crippen LogP contribution >= 0.6 is 0 Å². The molecule has 0 spiro atoms. The summed E-state index contributed by atoms with van der Waals surface area (Å²) in [5.41, 5.74) is 0. The van der Waals surface area contributed by atoms with Crippen LogP contribution in [0.15, 0.2) is 0 Å². The number of likely N-dealkylation sites (tertiary alicyclic amines) is 1. The van der Waals surface area contributed by atoms with Gasteiger partial charge in [-0.3, -0.25) is 0 Å². The Hall–Kier alpha value is -0.120. The molecule has 3 heteroatoms. The lowest BCUT2D eigenvalue weighted by atomic mass is 10.2. The van der Waals surface area contributed by atoms with Crippen molar-refractivity contribution in [1.82, 2.24) is 15.1 Å². The van der Waals surface area contributed by atoms with E-state index in [1.165, 1.54) is 39.0 Å². The third kappa shape index (κ3) is 4.40. The van der Waals surface area contributed by atoms with Crippen LogP contribution in [0.1, 0.15) is 33.6 Å². The maximum Gasteiger partial charge on any atom is 0.0210 e. The smallest absolute Gasteiger partial charge is 0.0210 e. The Balaban J connectivity index is 2.11. The Morgan fingerprint density at radius 3 is 2.56 bits per heavy atom. The minimum absolute atomic E-state index is 0.709. The molecule has 1 N–H and O–H groups in total. The van der Waals surface area contributed by atoms with E-state index in [1.54, 1.807) is 0 Å². The zero-order valence-corrected chi connectivity index (χ0v) is 11.5. The average Bonchev–Trinajstić information content (AvgIpc) is 2.57. The highest BCUT2D eigenvalue weighted by molar-refractivity contribution is 4.84. The molecule has 0 aromatic rings. The fourth-order valence-corrected chi connectivity index (χ4v) is 2.51. The summed E-state index contributed by atoms with van der Waals surface area (Å²) in [5, 5.41) is 3.68. The van der Waals surface area contributed by atoms with Gasteiger partial charge in [0.15, 0.2) is 0 Å². The lowest BCUT2D eigenvalue weighted by molar-refractivity contribution is 0.281. The van der Waals surface area contributed by atoms with Crippen LogP contribution < -0.4 is 5.32 Å². The standard InChI is InChI=1S/C13H29N3/c1-5-8-16(6-2)9-7-14-13-10-12(3)15(4)11-13/h12-14H,5-11H2,1-4H3. The van der Waals surface area contributed by atoms with E-state index in [0.29, 0.717) is 6.04 Å². The predicted octanol–water partition coefficient (Wildman–Crippen LogP) is 1.40. The van der Waals surface area contributed by atoms with Crippen LogP contribution in [0.25, 0.3) is 0 Å². The molecule has 1 heterocycles. The number of rotatable bonds is 7. The predicted molar refractivity (Wildman–Crippen MR) is 70.9 cm³/mol. The summed E-state index contributed by atoms with van der Waals surface area (Å²) in [6, 6.07) is 1.45. The molecule has 0 bridgehead atoms. The largest absolute Gasteiger partial charge is 0.311 e. The van der Waals surface area contributed by atoms with Gasteiger partial charge in [0, 0.05) is 31.7 Å².